The normalized spacial score (nSPS) is 16.5. The Kier molecular flexibility index (Phi) is 6.38. The highest BCUT2D eigenvalue weighted by Crippen LogP contribution is 2.28. The predicted octanol–water partition coefficient (Wildman–Crippen LogP) is 4.24. The van der Waals surface area contributed by atoms with Crippen molar-refractivity contribution in [1.29, 1.82) is 0 Å². The van der Waals surface area contributed by atoms with E-state index >= 15 is 0 Å². The second-order valence-corrected chi connectivity index (χ2v) is 7.65. The summed E-state index contributed by atoms with van der Waals surface area (Å²) in [6.45, 7) is 3.36. The molecule has 0 spiro atoms. The minimum absolute atomic E-state index is 0.0950. The molecule has 0 bridgehead atoms. The number of aryl methyl sites for hydroxylation is 1. The van der Waals surface area contributed by atoms with E-state index in [-0.39, 0.29) is 17.9 Å². The van der Waals surface area contributed by atoms with E-state index in [2.05, 4.69) is 16.9 Å². The number of piperidine rings is 1. The summed E-state index contributed by atoms with van der Waals surface area (Å²) in [5, 5.41) is 0. The molecule has 5 heteroatoms. The number of carbonyl (C=O) groups is 1. The van der Waals surface area contributed by atoms with Gasteiger partial charge in [-0.05, 0) is 36.0 Å². The summed E-state index contributed by atoms with van der Waals surface area (Å²) in [6, 6.07) is 20.4. The molecule has 1 aliphatic heterocycles. The van der Waals surface area contributed by atoms with Gasteiger partial charge in [0, 0.05) is 18.9 Å². The van der Waals surface area contributed by atoms with E-state index < -0.39 is 0 Å². The lowest BCUT2D eigenvalue weighted by molar-refractivity contribution is -0.134. The third-order valence-electron chi connectivity index (χ3n) is 5.56. The van der Waals surface area contributed by atoms with Crippen molar-refractivity contribution in [2.24, 2.45) is 0 Å². The summed E-state index contributed by atoms with van der Waals surface area (Å²) in [5.74, 6) is -0.200. The van der Waals surface area contributed by atoms with Crippen LogP contribution < -0.4 is 4.74 Å². The van der Waals surface area contributed by atoms with Crippen LogP contribution in [0.3, 0.4) is 0 Å². The third-order valence-corrected chi connectivity index (χ3v) is 5.56. The van der Waals surface area contributed by atoms with Crippen molar-refractivity contribution in [1.82, 2.24) is 14.9 Å². The number of hydrogen-bond acceptors (Lipinski definition) is 4. The van der Waals surface area contributed by atoms with Crippen LogP contribution in [0.5, 0.6) is 6.01 Å². The molecule has 3 aromatic rings. The van der Waals surface area contributed by atoms with Crippen LogP contribution in [0, 0.1) is 0 Å². The first-order chi connectivity index (χ1) is 14.7. The molecule has 0 N–H and O–H groups in total. The highest BCUT2D eigenvalue weighted by molar-refractivity contribution is 5.87. The Morgan fingerprint density at radius 1 is 1.03 bits per heavy atom. The Bertz CT molecular complexity index is 906. The van der Waals surface area contributed by atoms with Crippen molar-refractivity contribution in [2.75, 3.05) is 13.1 Å². The lowest BCUT2D eigenvalue weighted by Gasteiger charge is -2.35. The van der Waals surface area contributed by atoms with E-state index in [9.17, 15) is 4.79 Å². The van der Waals surface area contributed by atoms with E-state index in [0.717, 1.165) is 42.5 Å². The first-order valence-corrected chi connectivity index (χ1v) is 10.6. The summed E-state index contributed by atoms with van der Waals surface area (Å²) in [5.41, 5.74) is 3.10. The molecular formula is C25H27N3O2. The van der Waals surface area contributed by atoms with Crippen molar-refractivity contribution in [3.05, 3.63) is 89.7 Å². The second kappa shape index (κ2) is 9.53. The van der Waals surface area contributed by atoms with E-state index in [0.29, 0.717) is 12.6 Å². The summed E-state index contributed by atoms with van der Waals surface area (Å²) < 4.78 is 6.01. The predicted molar refractivity (Wildman–Crippen MR) is 116 cm³/mol. The van der Waals surface area contributed by atoms with Crippen molar-refractivity contribution in [3.8, 4) is 6.01 Å². The monoisotopic (exact) mass is 401 g/mol. The van der Waals surface area contributed by atoms with Crippen molar-refractivity contribution >= 4 is 5.91 Å². The number of benzene rings is 2. The maximum Gasteiger partial charge on any atom is 0.316 e. The van der Waals surface area contributed by atoms with Gasteiger partial charge in [-0.15, -0.1) is 0 Å². The summed E-state index contributed by atoms with van der Waals surface area (Å²) in [4.78, 5) is 24.2. The maximum atomic E-state index is 13.6. The molecule has 0 radical (unpaired) electrons. The number of amides is 1. The fourth-order valence-corrected chi connectivity index (χ4v) is 3.92. The maximum absolute atomic E-state index is 13.6. The zero-order valence-corrected chi connectivity index (χ0v) is 17.3. The molecule has 5 nitrogen and oxygen atoms in total. The Morgan fingerprint density at radius 3 is 2.20 bits per heavy atom. The number of aromatic nitrogens is 2. The van der Waals surface area contributed by atoms with Gasteiger partial charge in [-0.1, -0.05) is 67.6 Å². The van der Waals surface area contributed by atoms with Crippen LogP contribution >= 0.6 is 0 Å². The number of likely N-dealkylation sites (tertiary alicyclic amines) is 1. The molecule has 1 unspecified atom stereocenters. The van der Waals surface area contributed by atoms with E-state index in [1.54, 1.807) is 12.4 Å². The van der Waals surface area contributed by atoms with Crippen LogP contribution in [0.2, 0.25) is 0 Å². The molecule has 4 rings (SSSR count). The Morgan fingerprint density at radius 2 is 1.63 bits per heavy atom. The van der Waals surface area contributed by atoms with Gasteiger partial charge >= 0.3 is 6.01 Å². The molecular weight excluding hydrogens is 374 g/mol. The first kappa shape index (κ1) is 20.1. The van der Waals surface area contributed by atoms with Crippen molar-refractivity contribution < 1.29 is 9.53 Å². The van der Waals surface area contributed by atoms with Gasteiger partial charge in [0.15, 0.2) is 0 Å². The average Bonchev–Trinajstić information content (AvgIpc) is 2.81. The standard InChI is InChI=1S/C25H27N3O2/c1-2-19-16-26-25(27-17-19)30-22-14-9-15-28(18-22)24(29)23(20-10-5-3-6-11-20)21-12-7-4-8-13-21/h3-8,10-13,16-17,22-23H,2,9,14-15,18H2,1H3. The fraction of sp³-hybridized carbons (Fsp3) is 0.320. The zero-order chi connectivity index (χ0) is 20.8. The first-order valence-electron chi connectivity index (χ1n) is 10.6. The lowest BCUT2D eigenvalue weighted by Crippen LogP contribution is -2.46. The molecule has 1 amide bonds. The molecule has 0 aliphatic carbocycles. The largest absolute Gasteiger partial charge is 0.458 e. The molecule has 1 fully saturated rings. The van der Waals surface area contributed by atoms with Crippen LogP contribution in [0.4, 0.5) is 0 Å². The smallest absolute Gasteiger partial charge is 0.316 e. The highest BCUT2D eigenvalue weighted by Gasteiger charge is 2.31. The van der Waals surface area contributed by atoms with Gasteiger partial charge in [-0.2, -0.15) is 0 Å². The average molecular weight is 402 g/mol. The Balaban J connectivity index is 1.51. The minimum Gasteiger partial charge on any atom is -0.458 e. The highest BCUT2D eigenvalue weighted by atomic mass is 16.5. The molecule has 1 aromatic heterocycles. The van der Waals surface area contributed by atoms with Crippen LogP contribution in [-0.2, 0) is 11.2 Å². The van der Waals surface area contributed by atoms with Crippen molar-refractivity contribution in [3.63, 3.8) is 0 Å². The number of carbonyl (C=O) groups excluding carboxylic acids is 1. The van der Waals surface area contributed by atoms with Gasteiger partial charge in [0.05, 0.1) is 12.5 Å². The van der Waals surface area contributed by atoms with Crippen LogP contribution in [0.15, 0.2) is 73.1 Å². The molecule has 2 heterocycles. The van der Waals surface area contributed by atoms with Gasteiger partial charge < -0.3 is 9.64 Å². The van der Waals surface area contributed by atoms with Gasteiger partial charge in [0.25, 0.3) is 0 Å². The van der Waals surface area contributed by atoms with E-state index in [4.69, 9.17) is 4.74 Å². The van der Waals surface area contributed by atoms with Crippen LogP contribution in [0.25, 0.3) is 0 Å². The topological polar surface area (TPSA) is 55.3 Å². The van der Waals surface area contributed by atoms with E-state index in [1.165, 1.54) is 0 Å². The number of hydrogen-bond donors (Lipinski definition) is 0. The molecule has 2 aromatic carbocycles. The van der Waals surface area contributed by atoms with Crippen LogP contribution in [0.1, 0.15) is 42.4 Å². The SMILES string of the molecule is CCc1cnc(OC2CCCN(C(=O)C(c3ccccc3)c3ccccc3)C2)nc1. The summed E-state index contributed by atoms with van der Waals surface area (Å²) in [7, 11) is 0. The Labute approximate surface area is 177 Å². The molecule has 30 heavy (non-hydrogen) atoms. The fourth-order valence-electron chi connectivity index (χ4n) is 3.92. The van der Waals surface area contributed by atoms with Crippen LogP contribution in [-0.4, -0.2) is 40.0 Å². The molecule has 1 aliphatic rings. The quantitative estimate of drug-likeness (QED) is 0.620. The molecule has 0 saturated carbocycles. The number of ether oxygens (including phenoxy) is 1. The summed E-state index contributed by atoms with van der Waals surface area (Å²) in [6.07, 6.45) is 6.20. The Hall–Kier alpha value is -3.21. The number of nitrogens with zero attached hydrogens (tertiary/aromatic N) is 3. The third kappa shape index (κ3) is 4.67. The van der Waals surface area contributed by atoms with Gasteiger partial charge in [-0.3, -0.25) is 4.79 Å². The molecule has 154 valence electrons. The van der Waals surface area contributed by atoms with Crippen molar-refractivity contribution in [2.45, 2.75) is 38.2 Å². The molecule has 1 saturated heterocycles. The van der Waals surface area contributed by atoms with Gasteiger partial charge in [0.2, 0.25) is 5.91 Å². The minimum atomic E-state index is -0.314. The summed E-state index contributed by atoms with van der Waals surface area (Å²) >= 11 is 0. The zero-order valence-electron chi connectivity index (χ0n) is 17.3. The lowest BCUT2D eigenvalue weighted by atomic mass is 9.89. The molecule has 1 atom stereocenters. The van der Waals surface area contributed by atoms with E-state index in [1.807, 2.05) is 65.6 Å². The van der Waals surface area contributed by atoms with Gasteiger partial charge in [-0.25, -0.2) is 9.97 Å². The number of rotatable bonds is 6. The van der Waals surface area contributed by atoms with Gasteiger partial charge in [0.1, 0.15) is 6.10 Å². The second-order valence-electron chi connectivity index (χ2n) is 7.65.